The van der Waals surface area contributed by atoms with Crippen LogP contribution in [0.4, 0.5) is 5.69 Å². The minimum Gasteiger partial charge on any atom is -0.439 e. The van der Waals surface area contributed by atoms with Crippen molar-refractivity contribution in [1.29, 1.82) is 0 Å². The molecule has 5 nitrogen and oxygen atoms in total. The van der Waals surface area contributed by atoms with Gasteiger partial charge in [0.25, 0.3) is 5.22 Å². The molecule has 0 unspecified atom stereocenters. The third-order valence-electron chi connectivity index (χ3n) is 2.00. The van der Waals surface area contributed by atoms with Gasteiger partial charge in [0.05, 0.1) is 17.1 Å². The standard InChI is InChI=1S/C9H12N4OS/c1-5-4-14-9(11-5)15-8-7(10)6(2)12-13(8)3/h4H,10H2,1-3H3. The summed E-state index contributed by atoms with van der Waals surface area (Å²) in [6.07, 6.45) is 1.61. The van der Waals surface area contributed by atoms with E-state index in [1.54, 1.807) is 10.9 Å². The number of hydrogen-bond donors (Lipinski definition) is 1. The van der Waals surface area contributed by atoms with Crippen molar-refractivity contribution in [3.63, 3.8) is 0 Å². The summed E-state index contributed by atoms with van der Waals surface area (Å²) in [5.74, 6) is 0. The molecule has 0 aliphatic carbocycles. The Labute approximate surface area is 91.7 Å². The molecule has 0 aromatic carbocycles. The lowest BCUT2D eigenvalue weighted by Crippen LogP contribution is -1.93. The zero-order chi connectivity index (χ0) is 11.0. The summed E-state index contributed by atoms with van der Waals surface area (Å²) in [7, 11) is 1.85. The smallest absolute Gasteiger partial charge is 0.262 e. The van der Waals surface area contributed by atoms with Crippen molar-refractivity contribution in [2.24, 2.45) is 7.05 Å². The predicted octanol–water partition coefficient (Wildman–Crippen LogP) is 1.76. The number of aromatic nitrogens is 3. The molecule has 80 valence electrons. The third-order valence-corrected chi connectivity index (χ3v) is 3.04. The van der Waals surface area contributed by atoms with E-state index in [-0.39, 0.29) is 0 Å². The lowest BCUT2D eigenvalue weighted by Gasteiger charge is -1.98. The maximum atomic E-state index is 5.88. The number of rotatable bonds is 2. The molecule has 0 aliphatic rings. The number of oxazole rings is 1. The van der Waals surface area contributed by atoms with Gasteiger partial charge in [0.15, 0.2) is 0 Å². The van der Waals surface area contributed by atoms with E-state index < -0.39 is 0 Å². The lowest BCUT2D eigenvalue weighted by atomic mass is 10.4. The molecular weight excluding hydrogens is 212 g/mol. The molecule has 2 aromatic rings. The van der Waals surface area contributed by atoms with E-state index in [0.717, 1.165) is 16.4 Å². The molecule has 0 spiro atoms. The van der Waals surface area contributed by atoms with Gasteiger partial charge in [0.2, 0.25) is 0 Å². The van der Waals surface area contributed by atoms with E-state index in [9.17, 15) is 0 Å². The first kappa shape index (κ1) is 10.1. The van der Waals surface area contributed by atoms with E-state index >= 15 is 0 Å². The average molecular weight is 224 g/mol. The van der Waals surface area contributed by atoms with Crippen molar-refractivity contribution < 1.29 is 4.42 Å². The summed E-state index contributed by atoms with van der Waals surface area (Å²) in [5, 5.41) is 5.66. The van der Waals surface area contributed by atoms with Crippen molar-refractivity contribution in [2.45, 2.75) is 24.1 Å². The number of nitrogens with zero attached hydrogens (tertiary/aromatic N) is 3. The topological polar surface area (TPSA) is 69.9 Å². The number of hydrogen-bond acceptors (Lipinski definition) is 5. The van der Waals surface area contributed by atoms with E-state index in [2.05, 4.69) is 10.1 Å². The first-order valence-electron chi connectivity index (χ1n) is 4.47. The lowest BCUT2D eigenvalue weighted by molar-refractivity contribution is 0.453. The average Bonchev–Trinajstić information content (AvgIpc) is 2.67. The highest BCUT2D eigenvalue weighted by Crippen LogP contribution is 2.32. The summed E-state index contributed by atoms with van der Waals surface area (Å²) in [6, 6.07) is 0. The Bertz CT molecular complexity index is 488. The van der Waals surface area contributed by atoms with Crippen LogP contribution < -0.4 is 5.73 Å². The highest BCUT2D eigenvalue weighted by atomic mass is 32.2. The summed E-state index contributed by atoms with van der Waals surface area (Å²) >= 11 is 1.38. The second-order valence-corrected chi connectivity index (χ2v) is 4.22. The van der Waals surface area contributed by atoms with Gasteiger partial charge in [-0.15, -0.1) is 0 Å². The Morgan fingerprint density at radius 1 is 1.47 bits per heavy atom. The zero-order valence-electron chi connectivity index (χ0n) is 8.81. The Morgan fingerprint density at radius 2 is 2.20 bits per heavy atom. The summed E-state index contributed by atoms with van der Waals surface area (Å²) in [6.45, 7) is 3.76. The van der Waals surface area contributed by atoms with Crippen LogP contribution in [0.15, 0.2) is 20.9 Å². The van der Waals surface area contributed by atoms with Gasteiger partial charge in [0.1, 0.15) is 11.3 Å². The normalized spacial score (nSPS) is 10.9. The third kappa shape index (κ3) is 1.85. The summed E-state index contributed by atoms with van der Waals surface area (Å²) in [4.78, 5) is 4.20. The minimum absolute atomic E-state index is 0.585. The Hall–Kier alpha value is -1.43. The SMILES string of the molecule is Cc1coc(Sc2c(N)c(C)nn2C)n1. The molecule has 0 radical (unpaired) electrons. The number of nitrogens with two attached hydrogens (primary N) is 1. The fourth-order valence-electron chi connectivity index (χ4n) is 1.24. The second-order valence-electron chi connectivity index (χ2n) is 3.28. The molecule has 2 N–H and O–H groups in total. The van der Waals surface area contributed by atoms with Crippen molar-refractivity contribution >= 4 is 17.4 Å². The van der Waals surface area contributed by atoms with E-state index in [1.165, 1.54) is 11.8 Å². The maximum Gasteiger partial charge on any atom is 0.262 e. The van der Waals surface area contributed by atoms with Crippen LogP contribution in [0.5, 0.6) is 0 Å². The summed E-state index contributed by atoms with van der Waals surface area (Å²) in [5.41, 5.74) is 8.24. The van der Waals surface area contributed by atoms with Gasteiger partial charge in [-0.05, 0) is 25.6 Å². The second kappa shape index (κ2) is 3.62. The minimum atomic E-state index is 0.585. The van der Waals surface area contributed by atoms with E-state index in [4.69, 9.17) is 10.2 Å². The van der Waals surface area contributed by atoms with Crippen LogP contribution in [0.2, 0.25) is 0 Å². The van der Waals surface area contributed by atoms with Crippen molar-refractivity contribution in [3.8, 4) is 0 Å². The molecule has 0 saturated carbocycles. The van der Waals surface area contributed by atoms with Crippen LogP contribution in [0.1, 0.15) is 11.4 Å². The Balaban J connectivity index is 2.31. The van der Waals surface area contributed by atoms with Crippen molar-refractivity contribution in [3.05, 3.63) is 17.7 Å². The van der Waals surface area contributed by atoms with Crippen molar-refractivity contribution in [1.82, 2.24) is 14.8 Å². The first-order chi connectivity index (χ1) is 7.08. The quantitative estimate of drug-likeness (QED) is 0.841. The van der Waals surface area contributed by atoms with Crippen LogP contribution >= 0.6 is 11.8 Å². The maximum absolute atomic E-state index is 5.88. The molecule has 0 fully saturated rings. The molecule has 2 heterocycles. The highest BCUT2D eigenvalue weighted by Gasteiger charge is 2.14. The fourth-order valence-corrected chi connectivity index (χ4v) is 2.12. The zero-order valence-corrected chi connectivity index (χ0v) is 9.63. The van der Waals surface area contributed by atoms with Gasteiger partial charge in [-0.3, -0.25) is 4.68 Å². The highest BCUT2D eigenvalue weighted by molar-refractivity contribution is 7.99. The van der Waals surface area contributed by atoms with Crippen LogP contribution in [0.3, 0.4) is 0 Å². The number of aryl methyl sites for hydroxylation is 3. The summed E-state index contributed by atoms with van der Waals surface area (Å²) < 4.78 is 6.97. The molecule has 0 aliphatic heterocycles. The number of anilines is 1. The van der Waals surface area contributed by atoms with Gasteiger partial charge in [-0.25, -0.2) is 4.98 Å². The van der Waals surface area contributed by atoms with Gasteiger partial charge in [0, 0.05) is 7.05 Å². The van der Waals surface area contributed by atoms with Crippen LogP contribution in [0.25, 0.3) is 0 Å². The molecule has 6 heteroatoms. The van der Waals surface area contributed by atoms with Crippen LogP contribution in [-0.2, 0) is 7.05 Å². The number of nitrogen functional groups attached to an aromatic ring is 1. The molecule has 2 rings (SSSR count). The molecule has 0 bridgehead atoms. The fraction of sp³-hybridized carbons (Fsp3) is 0.333. The largest absolute Gasteiger partial charge is 0.439 e. The van der Waals surface area contributed by atoms with Gasteiger partial charge in [-0.2, -0.15) is 5.10 Å². The first-order valence-corrected chi connectivity index (χ1v) is 5.28. The van der Waals surface area contributed by atoms with Crippen LogP contribution in [0, 0.1) is 13.8 Å². The molecule has 0 amide bonds. The molecule has 15 heavy (non-hydrogen) atoms. The molecule has 0 atom stereocenters. The van der Waals surface area contributed by atoms with Crippen LogP contribution in [-0.4, -0.2) is 14.8 Å². The van der Waals surface area contributed by atoms with Gasteiger partial charge < -0.3 is 10.2 Å². The van der Waals surface area contributed by atoms with E-state index in [1.807, 2.05) is 20.9 Å². The predicted molar refractivity (Wildman–Crippen MR) is 57.7 cm³/mol. The van der Waals surface area contributed by atoms with Gasteiger partial charge >= 0.3 is 0 Å². The van der Waals surface area contributed by atoms with E-state index in [0.29, 0.717) is 10.9 Å². The molecule has 0 saturated heterocycles. The Morgan fingerprint density at radius 3 is 2.67 bits per heavy atom. The molecular formula is C9H12N4OS. The van der Waals surface area contributed by atoms with Gasteiger partial charge in [-0.1, -0.05) is 0 Å². The Kier molecular flexibility index (Phi) is 2.44. The molecule has 2 aromatic heterocycles. The van der Waals surface area contributed by atoms with Crippen molar-refractivity contribution in [2.75, 3.05) is 5.73 Å². The monoisotopic (exact) mass is 224 g/mol.